The second-order valence-corrected chi connectivity index (χ2v) is 5.11. The van der Waals surface area contributed by atoms with Gasteiger partial charge in [0.25, 0.3) is 0 Å². The molecule has 0 bridgehead atoms. The summed E-state index contributed by atoms with van der Waals surface area (Å²) >= 11 is 0. The Morgan fingerprint density at radius 1 is 1.38 bits per heavy atom. The molecule has 4 nitrogen and oxygen atoms in total. The maximum atomic E-state index is 11.4. The molecule has 1 atom stereocenters. The highest BCUT2D eigenvalue weighted by Gasteiger charge is 2.05. The van der Waals surface area contributed by atoms with Crippen LogP contribution >= 0.6 is 0 Å². The van der Waals surface area contributed by atoms with Gasteiger partial charge in [0.2, 0.25) is 10.0 Å². The number of nitrogens with one attached hydrogen (secondary N) is 1. The molecule has 0 saturated heterocycles. The van der Waals surface area contributed by atoms with Crippen LogP contribution in [0.15, 0.2) is 35.7 Å². The van der Waals surface area contributed by atoms with Crippen LogP contribution in [0.4, 0.5) is 0 Å². The van der Waals surface area contributed by atoms with Crippen LogP contribution < -0.4 is 4.72 Å². The van der Waals surface area contributed by atoms with E-state index in [2.05, 4.69) is 4.72 Å². The third kappa shape index (κ3) is 5.06. The van der Waals surface area contributed by atoms with E-state index in [0.29, 0.717) is 0 Å². The first-order valence-corrected chi connectivity index (χ1v) is 6.45. The Hall–Kier alpha value is -1.17. The Balaban J connectivity index is 2.63. The predicted octanol–water partition coefficient (Wildman–Crippen LogP) is 0.958. The average molecular weight is 241 g/mol. The lowest BCUT2D eigenvalue weighted by Gasteiger charge is -2.04. The molecule has 0 saturated carbocycles. The fourth-order valence-corrected chi connectivity index (χ4v) is 1.92. The van der Waals surface area contributed by atoms with E-state index in [4.69, 9.17) is 5.11 Å². The van der Waals surface area contributed by atoms with Crippen LogP contribution in [-0.2, 0) is 10.0 Å². The molecule has 0 aromatic heterocycles. The molecule has 1 aromatic carbocycles. The normalized spacial score (nSPS) is 14.1. The van der Waals surface area contributed by atoms with Gasteiger partial charge in [-0.2, -0.15) is 0 Å². The van der Waals surface area contributed by atoms with Gasteiger partial charge in [-0.1, -0.05) is 30.3 Å². The molecular formula is C11H15NO3S. The molecule has 0 aliphatic carbocycles. The summed E-state index contributed by atoms with van der Waals surface area (Å²) in [4.78, 5) is 0. The summed E-state index contributed by atoms with van der Waals surface area (Å²) in [6.07, 6.45) is 0.810. The maximum absolute atomic E-state index is 11.4. The van der Waals surface area contributed by atoms with E-state index in [9.17, 15) is 8.42 Å². The van der Waals surface area contributed by atoms with Crippen molar-refractivity contribution in [3.63, 3.8) is 0 Å². The minimum absolute atomic E-state index is 0.0153. The molecule has 5 heteroatoms. The summed E-state index contributed by atoms with van der Waals surface area (Å²) in [6, 6.07) is 9.13. The lowest BCUT2D eigenvalue weighted by atomic mass is 10.2. The molecule has 1 aromatic rings. The average Bonchev–Trinajstić information content (AvgIpc) is 2.26. The molecule has 1 unspecified atom stereocenters. The third-order valence-corrected chi connectivity index (χ3v) is 2.88. The first-order chi connectivity index (χ1) is 7.49. The van der Waals surface area contributed by atoms with Crippen LogP contribution in [0.1, 0.15) is 12.5 Å². The quantitative estimate of drug-likeness (QED) is 0.807. The predicted molar refractivity (Wildman–Crippen MR) is 64.1 cm³/mol. The number of aliphatic hydroxyl groups is 1. The molecule has 0 aliphatic rings. The summed E-state index contributed by atoms with van der Waals surface area (Å²) in [5.74, 6) is 0. The van der Waals surface area contributed by atoms with Crippen molar-refractivity contribution in [3.05, 3.63) is 41.3 Å². The summed E-state index contributed by atoms with van der Waals surface area (Å²) < 4.78 is 25.1. The summed E-state index contributed by atoms with van der Waals surface area (Å²) in [5, 5.41) is 10.0. The van der Waals surface area contributed by atoms with E-state index in [0.717, 1.165) is 11.0 Å². The summed E-state index contributed by atoms with van der Waals surface area (Å²) in [5.41, 5.74) is 0.810. The van der Waals surface area contributed by atoms with Crippen molar-refractivity contribution in [2.24, 2.45) is 0 Å². The Labute approximate surface area is 95.7 Å². The number of sulfonamides is 1. The van der Waals surface area contributed by atoms with Gasteiger partial charge in [-0.3, -0.25) is 0 Å². The van der Waals surface area contributed by atoms with Crippen LogP contribution in [0, 0.1) is 0 Å². The third-order valence-electron chi connectivity index (χ3n) is 1.82. The molecule has 1 rings (SSSR count). The minimum atomic E-state index is -3.47. The van der Waals surface area contributed by atoms with Crippen molar-refractivity contribution in [2.75, 3.05) is 6.54 Å². The van der Waals surface area contributed by atoms with Gasteiger partial charge in [-0.15, -0.1) is 0 Å². The zero-order valence-corrected chi connectivity index (χ0v) is 9.81. The van der Waals surface area contributed by atoms with Gasteiger partial charge < -0.3 is 5.11 Å². The van der Waals surface area contributed by atoms with E-state index in [1.165, 1.54) is 13.0 Å². The Bertz CT molecular complexity index is 438. The lowest BCUT2D eigenvalue weighted by Crippen LogP contribution is -2.28. The molecular weight excluding hydrogens is 226 g/mol. The van der Waals surface area contributed by atoms with E-state index < -0.39 is 16.1 Å². The van der Waals surface area contributed by atoms with Crippen LogP contribution in [0.2, 0.25) is 0 Å². The van der Waals surface area contributed by atoms with Crippen molar-refractivity contribution in [1.82, 2.24) is 4.72 Å². The first kappa shape index (κ1) is 12.9. The van der Waals surface area contributed by atoms with Gasteiger partial charge in [0.05, 0.1) is 6.10 Å². The van der Waals surface area contributed by atoms with Crippen LogP contribution in [0.5, 0.6) is 0 Å². The largest absolute Gasteiger partial charge is 0.392 e. The summed E-state index contributed by atoms with van der Waals surface area (Å²) in [6.45, 7) is 1.53. The molecule has 2 N–H and O–H groups in total. The Morgan fingerprint density at radius 3 is 2.56 bits per heavy atom. The van der Waals surface area contributed by atoms with Gasteiger partial charge >= 0.3 is 0 Å². The van der Waals surface area contributed by atoms with Crippen LogP contribution in [-0.4, -0.2) is 26.2 Å². The maximum Gasteiger partial charge on any atom is 0.233 e. The van der Waals surface area contributed by atoms with Crippen LogP contribution in [0.3, 0.4) is 0 Å². The topological polar surface area (TPSA) is 66.4 Å². The highest BCUT2D eigenvalue weighted by atomic mass is 32.2. The summed E-state index contributed by atoms with van der Waals surface area (Å²) in [7, 11) is -3.47. The molecule has 16 heavy (non-hydrogen) atoms. The van der Waals surface area contributed by atoms with E-state index in [1.807, 2.05) is 18.2 Å². The SMILES string of the molecule is CC(O)CNS(=O)(=O)/C=C/c1ccccc1. The number of rotatable bonds is 5. The molecule has 0 radical (unpaired) electrons. The number of hydrogen-bond donors (Lipinski definition) is 2. The zero-order chi connectivity index (χ0) is 12.0. The van der Waals surface area contributed by atoms with Crippen molar-refractivity contribution in [2.45, 2.75) is 13.0 Å². The molecule has 0 fully saturated rings. The van der Waals surface area contributed by atoms with E-state index in [-0.39, 0.29) is 6.54 Å². The minimum Gasteiger partial charge on any atom is -0.392 e. The number of aliphatic hydroxyl groups excluding tert-OH is 1. The van der Waals surface area contributed by atoms with Crippen molar-refractivity contribution >= 4 is 16.1 Å². The van der Waals surface area contributed by atoms with Crippen LogP contribution in [0.25, 0.3) is 6.08 Å². The smallest absolute Gasteiger partial charge is 0.233 e. The first-order valence-electron chi connectivity index (χ1n) is 4.90. The fraction of sp³-hybridized carbons (Fsp3) is 0.273. The molecule has 0 aliphatic heterocycles. The Kier molecular flexibility index (Phi) is 4.67. The van der Waals surface area contributed by atoms with Gasteiger partial charge in [-0.25, -0.2) is 13.1 Å². The van der Waals surface area contributed by atoms with Gasteiger partial charge in [0, 0.05) is 12.0 Å². The van der Waals surface area contributed by atoms with Crippen molar-refractivity contribution in [1.29, 1.82) is 0 Å². The van der Waals surface area contributed by atoms with Crippen molar-refractivity contribution in [3.8, 4) is 0 Å². The second kappa shape index (κ2) is 5.79. The molecule has 0 spiro atoms. The van der Waals surface area contributed by atoms with E-state index in [1.54, 1.807) is 12.1 Å². The number of benzene rings is 1. The molecule has 0 amide bonds. The monoisotopic (exact) mass is 241 g/mol. The zero-order valence-electron chi connectivity index (χ0n) is 9.00. The molecule has 0 heterocycles. The highest BCUT2D eigenvalue weighted by Crippen LogP contribution is 2.02. The Morgan fingerprint density at radius 2 is 2.00 bits per heavy atom. The fourth-order valence-electron chi connectivity index (χ4n) is 1.02. The van der Waals surface area contributed by atoms with Gasteiger partial charge in [0.15, 0.2) is 0 Å². The van der Waals surface area contributed by atoms with E-state index >= 15 is 0 Å². The molecule has 88 valence electrons. The van der Waals surface area contributed by atoms with Crippen molar-refractivity contribution < 1.29 is 13.5 Å². The van der Waals surface area contributed by atoms with Gasteiger partial charge in [-0.05, 0) is 18.6 Å². The highest BCUT2D eigenvalue weighted by molar-refractivity contribution is 7.92. The van der Waals surface area contributed by atoms with Gasteiger partial charge in [0.1, 0.15) is 0 Å². The second-order valence-electron chi connectivity index (χ2n) is 3.46. The lowest BCUT2D eigenvalue weighted by molar-refractivity contribution is 0.199. The number of hydrogen-bond acceptors (Lipinski definition) is 3. The standard InChI is InChI=1S/C11H15NO3S/c1-10(13)9-12-16(14,15)8-7-11-5-3-2-4-6-11/h2-8,10,12-13H,9H2,1H3/b8-7+.